The van der Waals surface area contributed by atoms with E-state index in [-0.39, 0.29) is 0 Å². The number of nitrogens with zero attached hydrogens (tertiary/aromatic N) is 2. The molecular weight excluding hydrogens is 214 g/mol. The van der Waals surface area contributed by atoms with Gasteiger partial charge in [-0.3, -0.25) is 0 Å². The van der Waals surface area contributed by atoms with Crippen LogP contribution in [0.25, 0.3) is 11.0 Å². The van der Waals surface area contributed by atoms with Crippen molar-refractivity contribution < 1.29 is 0 Å². The second-order valence-corrected chi connectivity index (χ2v) is 4.18. The van der Waals surface area contributed by atoms with Gasteiger partial charge in [-0.25, -0.2) is 4.98 Å². The van der Waals surface area contributed by atoms with Crippen molar-refractivity contribution in [2.75, 3.05) is 37.7 Å². The number of H-pyrrole nitrogens is 1. The number of benzene rings is 1. The standard InChI is InChI=1S/C12H19N5/c1-3-17(2)7-6-14-12-15-10-5-4-9(13)8-11(10)16-12/h4-5,8H,3,6-7,13H2,1-2H3,(H2,14,15,16). The predicted molar refractivity (Wildman–Crippen MR) is 72.2 cm³/mol. The first kappa shape index (κ1) is 11.7. The number of aromatic nitrogens is 2. The molecule has 5 heteroatoms. The highest BCUT2D eigenvalue weighted by molar-refractivity contribution is 5.80. The van der Waals surface area contributed by atoms with Gasteiger partial charge in [-0.2, -0.15) is 0 Å². The van der Waals surface area contributed by atoms with E-state index >= 15 is 0 Å². The quantitative estimate of drug-likeness (QED) is 0.685. The number of nitrogen functional groups attached to an aromatic ring is 1. The molecule has 1 aromatic heterocycles. The number of anilines is 2. The van der Waals surface area contributed by atoms with Gasteiger partial charge in [0.1, 0.15) is 0 Å². The first-order valence-corrected chi connectivity index (χ1v) is 5.86. The molecule has 0 spiro atoms. The highest BCUT2D eigenvalue weighted by Gasteiger charge is 2.02. The van der Waals surface area contributed by atoms with Crippen LogP contribution in [0, 0.1) is 0 Å². The molecule has 1 aromatic carbocycles. The fourth-order valence-corrected chi connectivity index (χ4v) is 1.63. The monoisotopic (exact) mass is 233 g/mol. The number of imidazole rings is 1. The predicted octanol–water partition coefficient (Wildman–Crippen LogP) is 1.51. The van der Waals surface area contributed by atoms with Crippen LogP contribution in [0.2, 0.25) is 0 Å². The minimum absolute atomic E-state index is 0.749. The average Bonchev–Trinajstić information content (AvgIpc) is 2.70. The first-order chi connectivity index (χ1) is 8.19. The van der Waals surface area contributed by atoms with Gasteiger partial charge in [0.25, 0.3) is 0 Å². The fraction of sp³-hybridized carbons (Fsp3) is 0.417. The Morgan fingerprint density at radius 3 is 3.06 bits per heavy atom. The Labute approximate surface area is 101 Å². The zero-order valence-electron chi connectivity index (χ0n) is 10.3. The number of hydrogen-bond donors (Lipinski definition) is 3. The third-order valence-electron chi connectivity index (χ3n) is 2.83. The molecule has 5 nitrogen and oxygen atoms in total. The normalized spacial score (nSPS) is 11.2. The summed E-state index contributed by atoms with van der Waals surface area (Å²) in [5.74, 6) is 0.801. The zero-order chi connectivity index (χ0) is 12.3. The number of hydrogen-bond acceptors (Lipinski definition) is 4. The molecule has 0 atom stereocenters. The van der Waals surface area contributed by atoms with E-state index in [9.17, 15) is 0 Å². The van der Waals surface area contributed by atoms with Crippen LogP contribution in [0.4, 0.5) is 11.6 Å². The number of nitrogens with two attached hydrogens (primary N) is 1. The van der Waals surface area contributed by atoms with Crippen LogP contribution in [0.3, 0.4) is 0 Å². The van der Waals surface area contributed by atoms with Crippen LogP contribution in [0.15, 0.2) is 18.2 Å². The Morgan fingerprint density at radius 2 is 2.29 bits per heavy atom. The van der Waals surface area contributed by atoms with Gasteiger partial charge in [-0.15, -0.1) is 0 Å². The molecule has 0 aliphatic rings. The molecule has 92 valence electrons. The second-order valence-electron chi connectivity index (χ2n) is 4.18. The molecule has 0 aliphatic carbocycles. The molecule has 0 saturated heterocycles. The summed E-state index contributed by atoms with van der Waals surface area (Å²) in [6.07, 6.45) is 0. The third kappa shape index (κ3) is 2.88. The maximum atomic E-state index is 5.72. The lowest BCUT2D eigenvalue weighted by Gasteiger charge is -2.13. The lowest BCUT2D eigenvalue weighted by atomic mass is 10.3. The lowest BCUT2D eigenvalue weighted by molar-refractivity contribution is 0.367. The molecule has 17 heavy (non-hydrogen) atoms. The second kappa shape index (κ2) is 5.05. The molecular formula is C12H19N5. The van der Waals surface area contributed by atoms with Crippen molar-refractivity contribution in [1.82, 2.24) is 14.9 Å². The van der Waals surface area contributed by atoms with E-state index in [4.69, 9.17) is 5.73 Å². The maximum Gasteiger partial charge on any atom is 0.201 e. The van der Waals surface area contributed by atoms with Crippen molar-refractivity contribution in [2.45, 2.75) is 6.92 Å². The SMILES string of the molecule is CCN(C)CCNc1nc2ccc(N)cc2[nH]1. The van der Waals surface area contributed by atoms with Gasteiger partial charge in [0.15, 0.2) is 0 Å². The van der Waals surface area contributed by atoms with Crippen LogP contribution in [0.5, 0.6) is 0 Å². The van der Waals surface area contributed by atoms with Crippen LogP contribution in [-0.4, -0.2) is 41.5 Å². The van der Waals surface area contributed by atoms with Crippen LogP contribution < -0.4 is 11.1 Å². The van der Waals surface area contributed by atoms with Gasteiger partial charge in [0.05, 0.1) is 11.0 Å². The minimum atomic E-state index is 0.749. The average molecular weight is 233 g/mol. The van der Waals surface area contributed by atoms with Crippen molar-refractivity contribution in [1.29, 1.82) is 0 Å². The van der Waals surface area contributed by atoms with Gasteiger partial charge >= 0.3 is 0 Å². The summed E-state index contributed by atoms with van der Waals surface area (Å²) in [5, 5.41) is 3.27. The zero-order valence-corrected chi connectivity index (χ0v) is 10.3. The highest BCUT2D eigenvalue weighted by Crippen LogP contribution is 2.16. The van der Waals surface area contributed by atoms with Crippen molar-refractivity contribution >= 4 is 22.7 Å². The summed E-state index contributed by atoms with van der Waals surface area (Å²) in [5.41, 5.74) is 8.37. The molecule has 1 heterocycles. The first-order valence-electron chi connectivity index (χ1n) is 5.86. The van der Waals surface area contributed by atoms with E-state index in [0.717, 1.165) is 42.3 Å². The van der Waals surface area contributed by atoms with Crippen LogP contribution >= 0.6 is 0 Å². The minimum Gasteiger partial charge on any atom is -0.399 e. The molecule has 0 fully saturated rings. The number of aromatic amines is 1. The lowest BCUT2D eigenvalue weighted by Crippen LogP contribution is -2.24. The number of rotatable bonds is 5. The Morgan fingerprint density at radius 1 is 1.47 bits per heavy atom. The Bertz CT molecular complexity index is 491. The van der Waals surface area contributed by atoms with Gasteiger partial charge in [0.2, 0.25) is 5.95 Å². The summed E-state index contributed by atoms with van der Waals surface area (Å²) in [7, 11) is 2.10. The molecule has 2 rings (SSSR count). The number of nitrogens with one attached hydrogen (secondary N) is 2. The van der Waals surface area contributed by atoms with E-state index in [1.807, 2.05) is 18.2 Å². The van der Waals surface area contributed by atoms with Gasteiger partial charge in [-0.05, 0) is 31.8 Å². The molecule has 4 N–H and O–H groups in total. The molecule has 0 bridgehead atoms. The van der Waals surface area contributed by atoms with Gasteiger partial charge in [0, 0.05) is 18.8 Å². The Kier molecular flexibility index (Phi) is 3.49. The van der Waals surface area contributed by atoms with Crippen molar-refractivity contribution in [3.63, 3.8) is 0 Å². The van der Waals surface area contributed by atoms with Gasteiger partial charge < -0.3 is 20.9 Å². The van der Waals surface area contributed by atoms with E-state index in [1.165, 1.54) is 0 Å². The van der Waals surface area contributed by atoms with E-state index in [2.05, 4.69) is 34.2 Å². The molecule has 0 amide bonds. The summed E-state index contributed by atoms with van der Waals surface area (Å²) in [6.45, 7) is 5.07. The topological polar surface area (TPSA) is 70.0 Å². The Hall–Kier alpha value is -1.75. The van der Waals surface area contributed by atoms with E-state index in [1.54, 1.807) is 0 Å². The number of fused-ring (bicyclic) bond motifs is 1. The fourth-order valence-electron chi connectivity index (χ4n) is 1.63. The molecule has 0 saturated carbocycles. The summed E-state index contributed by atoms with van der Waals surface area (Å²) in [4.78, 5) is 9.89. The molecule has 0 unspecified atom stereocenters. The van der Waals surface area contributed by atoms with Crippen LogP contribution in [0.1, 0.15) is 6.92 Å². The maximum absolute atomic E-state index is 5.72. The van der Waals surface area contributed by atoms with E-state index < -0.39 is 0 Å². The summed E-state index contributed by atoms with van der Waals surface area (Å²) >= 11 is 0. The van der Waals surface area contributed by atoms with Crippen LogP contribution in [-0.2, 0) is 0 Å². The molecule has 2 aromatic rings. The van der Waals surface area contributed by atoms with E-state index in [0.29, 0.717) is 0 Å². The Balaban J connectivity index is 1.99. The van der Waals surface area contributed by atoms with Crippen molar-refractivity contribution in [2.24, 2.45) is 0 Å². The molecule has 0 aliphatic heterocycles. The third-order valence-corrected chi connectivity index (χ3v) is 2.83. The highest BCUT2D eigenvalue weighted by atomic mass is 15.2. The number of likely N-dealkylation sites (N-methyl/N-ethyl adjacent to an activating group) is 1. The summed E-state index contributed by atoms with van der Waals surface area (Å²) in [6, 6.07) is 5.67. The van der Waals surface area contributed by atoms with Gasteiger partial charge in [-0.1, -0.05) is 6.92 Å². The van der Waals surface area contributed by atoms with Crippen molar-refractivity contribution in [3.05, 3.63) is 18.2 Å². The summed E-state index contributed by atoms with van der Waals surface area (Å²) < 4.78 is 0. The smallest absolute Gasteiger partial charge is 0.201 e. The van der Waals surface area contributed by atoms with Crippen molar-refractivity contribution in [3.8, 4) is 0 Å². The largest absolute Gasteiger partial charge is 0.399 e. The molecule has 0 radical (unpaired) electrons.